The monoisotopic (exact) mass is 330 g/mol. The van der Waals surface area contributed by atoms with Crippen LogP contribution < -0.4 is 0 Å². The SMILES string of the molecule is CC(=O)O[C@@H]1C[C@@H]2[C@@H]3CCC(=O)[C@]3(C)CC[C@@H]2[C@@]2(C)CC[C@@H]3C[C@]312. The predicted octanol–water partition coefficient (Wildman–Crippen LogP) is 4.14. The summed E-state index contributed by atoms with van der Waals surface area (Å²) in [6.45, 7) is 6.30. The molecule has 0 aromatic rings. The molecule has 1 spiro atoms. The summed E-state index contributed by atoms with van der Waals surface area (Å²) in [5.74, 6) is 3.00. The molecule has 5 fully saturated rings. The van der Waals surface area contributed by atoms with E-state index in [9.17, 15) is 9.59 Å². The third-order valence-electron chi connectivity index (χ3n) is 9.56. The average Bonchev–Trinajstić information content (AvgIpc) is 3.08. The summed E-state index contributed by atoms with van der Waals surface area (Å²) in [5.41, 5.74) is 0.508. The molecular formula is C21H30O3. The van der Waals surface area contributed by atoms with Gasteiger partial charge < -0.3 is 4.74 Å². The molecule has 0 aromatic heterocycles. The van der Waals surface area contributed by atoms with Gasteiger partial charge in [0.1, 0.15) is 11.9 Å². The van der Waals surface area contributed by atoms with Gasteiger partial charge in [-0.05, 0) is 74.0 Å². The highest BCUT2D eigenvalue weighted by Crippen LogP contribution is 2.81. The van der Waals surface area contributed by atoms with Crippen molar-refractivity contribution in [3.05, 3.63) is 0 Å². The van der Waals surface area contributed by atoms with Crippen molar-refractivity contribution in [1.29, 1.82) is 0 Å². The Morgan fingerprint density at radius 3 is 2.62 bits per heavy atom. The van der Waals surface area contributed by atoms with E-state index in [1.807, 2.05) is 0 Å². The van der Waals surface area contributed by atoms with Crippen molar-refractivity contribution in [3.63, 3.8) is 0 Å². The number of rotatable bonds is 1. The summed E-state index contributed by atoms with van der Waals surface area (Å²) >= 11 is 0. The Morgan fingerprint density at radius 1 is 1.12 bits per heavy atom. The van der Waals surface area contributed by atoms with E-state index in [2.05, 4.69) is 13.8 Å². The molecule has 24 heavy (non-hydrogen) atoms. The molecular weight excluding hydrogens is 300 g/mol. The van der Waals surface area contributed by atoms with Crippen molar-refractivity contribution in [2.75, 3.05) is 0 Å². The number of fused-ring (bicyclic) bond motifs is 4. The van der Waals surface area contributed by atoms with Gasteiger partial charge >= 0.3 is 5.97 Å². The first kappa shape index (κ1) is 15.4. The first-order chi connectivity index (χ1) is 11.3. The molecule has 0 amide bonds. The number of hydrogen-bond donors (Lipinski definition) is 0. The first-order valence-corrected chi connectivity index (χ1v) is 10.0. The average molecular weight is 330 g/mol. The molecule has 0 aliphatic heterocycles. The van der Waals surface area contributed by atoms with Gasteiger partial charge in [-0.1, -0.05) is 13.8 Å². The lowest BCUT2D eigenvalue weighted by Gasteiger charge is -2.59. The van der Waals surface area contributed by atoms with Gasteiger partial charge in [-0.2, -0.15) is 0 Å². The maximum atomic E-state index is 12.6. The van der Waals surface area contributed by atoms with Crippen LogP contribution in [0.15, 0.2) is 0 Å². The third-order valence-corrected chi connectivity index (χ3v) is 9.56. The van der Waals surface area contributed by atoms with Gasteiger partial charge in [0.25, 0.3) is 0 Å². The summed E-state index contributed by atoms with van der Waals surface area (Å²) in [6.07, 6.45) is 9.14. The second-order valence-corrected chi connectivity index (χ2v) is 10.0. The molecule has 0 bridgehead atoms. The molecule has 0 unspecified atom stereocenters. The van der Waals surface area contributed by atoms with Crippen molar-refractivity contribution < 1.29 is 14.3 Å². The summed E-state index contributed by atoms with van der Waals surface area (Å²) in [4.78, 5) is 24.3. The van der Waals surface area contributed by atoms with Crippen LogP contribution in [-0.4, -0.2) is 17.9 Å². The van der Waals surface area contributed by atoms with Gasteiger partial charge in [0.05, 0.1) is 0 Å². The third kappa shape index (κ3) is 1.56. The van der Waals surface area contributed by atoms with E-state index in [1.54, 1.807) is 6.92 Å². The molecule has 5 rings (SSSR count). The molecule has 0 heterocycles. The minimum atomic E-state index is -0.117. The normalized spacial score (nSPS) is 57.6. The van der Waals surface area contributed by atoms with Gasteiger partial charge in [-0.3, -0.25) is 9.59 Å². The molecule has 0 saturated heterocycles. The van der Waals surface area contributed by atoms with E-state index in [0.717, 1.165) is 37.5 Å². The Balaban J connectivity index is 1.55. The Labute approximate surface area is 144 Å². The lowest BCUT2D eigenvalue weighted by atomic mass is 9.46. The second-order valence-electron chi connectivity index (χ2n) is 10.0. The highest BCUT2D eigenvalue weighted by atomic mass is 16.5. The fraction of sp³-hybridized carbons (Fsp3) is 0.905. The zero-order valence-corrected chi connectivity index (χ0v) is 15.3. The second kappa shape index (κ2) is 4.45. The van der Waals surface area contributed by atoms with Crippen molar-refractivity contribution in [3.8, 4) is 0 Å². The maximum Gasteiger partial charge on any atom is 0.302 e. The molecule has 0 aromatic carbocycles. The fourth-order valence-electron chi connectivity index (χ4n) is 8.40. The zero-order valence-electron chi connectivity index (χ0n) is 15.3. The molecule has 0 N–H and O–H groups in total. The van der Waals surface area contributed by atoms with Gasteiger partial charge in [-0.15, -0.1) is 0 Å². The van der Waals surface area contributed by atoms with E-state index in [4.69, 9.17) is 4.74 Å². The number of carbonyl (C=O) groups excluding carboxylic acids is 2. The predicted molar refractivity (Wildman–Crippen MR) is 90.1 cm³/mol. The standard InChI is InChI=1S/C21H30O3/c1-12(22)24-18-10-14-15-4-5-17(23)19(15,2)8-7-16(14)20(3)9-6-13-11-21(13,18)20/h13-16,18H,4-11H2,1-3H3/t13-,14-,15+,16+,18-,19-,20-,21+/m1/s1. The largest absolute Gasteiger partial charge is 0.462 e. The van der Waals surface area contributed by atoms with E-state index in [-0.39, 0.29) is 22.9 Å². The summed E-state index contributed by atoms with van der Waals surface area (Å²) < 4.78 is 5.95. The molecule has 5 aliphatic rings. The highest BCUT2D eigenvalue weighted by molar-refractivity contribution is 5.87. The minimum Gasteiger partial charge on any atom is -0.462 e. The van der Waals surface area contributed by atoms with E-state index in [1.165, 1.54) is 25.7 Å². The van der Waals surface area contributed by atoms with Crippen LogP contribution in [0.5, 0.6) is 0 Å². The number of ketones is 1. The van der Waals surface area contributed by atoms with Crippen LogP contribution in [0.3, 0.4) is 0 Å². The zero-order chi connectivity index (χ0) is 16.9. The Morgan fingerprint density at radius 2 is 1.92 bits per heavy atom. The molecule has 8 atom stereocenters. The van der Waals surface area contributed by atoms with Crippen molar-refractivity contribution in [2.45, 2.75) is 78.2 Å². The van der Waals surface area contributed by atoms with Gasteiger partial charge in [0.15, 0.2) is 0 Å². The van der Waals surface area contributed by atoms with E-state index >= 15 is 0 Å². The maximum absolute atomic E-state index is 12.6. The van der Waals surface area contributed by atoms with Gasteiger partial charge in [0.2, 0.25) is 0 Å². The van der Waals surface area contributed by atoms with Crippen LogP contribution in [0, 0.1) is 39.9 Å². The Kier molecular flexibility index (Phi) is 2.86. The molecule has 5 aliphatic carbocycles. The number of carbonyl (C=O) groups is 2. The van der Waals surface area contributed by atoms with Crippen molar-refractivity contribution in [1.82, 2.24) is 0 Å². The van der Waals surface area contributed by atoms with Crippen molar-refractivity contribution in [2.24, 2.45) is 39.9 Å². The quantitative estimate of drug-likeness (QED) is 0.679. The van der Waals surface area contributed by atoms with Gasteiger partial charge in [0, 0.05) is 24.2 Å². The number of hydrogen-bond acceptors (Lipinski definition) is 3. The van der Waals surface area contributed by atoms with Crippen LogP contribution in [-0.2, 0) is 14.3 Å². The molecule has 0 radical (unpaired) electrons. The summed E-state index contributed by atoms with van der Waals surface area (Å²) in [7, 11) is 0. The summed E-state index contributed by atoms with van der Waals surface area (Å²) in [5, 5.41) is 0. The topological polar surface area (TPSA) is 43.4 Å². The van der Waals surface area contributed by atoms with Crippen LogP contribution in [0.2, 0.25) is 0 Å². The highest BCUT2D eigenvalue weighted by Gasteiger charge is 2.78. The van der Waals surface area contributed by atoms with E-state index < -0.39 is 0 Å². The Bertz CT molecular complexity index is 627. The van der Waals surface area contributed by atoms with Crippen LogP contribution in [0.4, 0.5) is 0 Å². The van der Waals surface area contributed by atoms with Crippen LogP contribution in [0.1, 0.15) is 72.1 Å². The smallest absolute Gasteiger partial charge is 0.302 e. The van der Waals surface area contributed by atoms with E-state index in [0.29, 0.717) is 23.0 Å². The van der Waals surface area contributed by atoms with Crippen LogP contribution in [0.25, 0.3) is 0 Å². The Hall–Kier alpha value is -0.860. The number of Topliss-reactive ketones (excluding diaryl/α,β-unsaturated/α-hetero) is 1. The fourth-order valence-corrected chi connectivity index (χ4v) is 8.40. The van der Waals surface area contributed by atoms with Crippen molar-refractivity contribution >= 4 is 11.8 Å². The van der Waals surface area contributed by atoms with Gasteiger partial charge in [-0.25, -0.2) is 0 Å². The summed E-state index contributed by atoms with van der Waals surface area (Å²) in [6, 6.07) is 0. The number of esters is 1. The molecule has 3 heteroatoms. The molecule has 132 valence electrons. The minimum absolute atomic E-state index is 0.0929. The molecule has 3 nitrogen and oxygen atoms in total. The lowest BCUT2D eigenvalue weighted by Crippen LogP contribution is -2.57. The van der Waals surface area contributed by atoms with Crippen LogP contribution >= 0.6 is 0 Å². The first-order valence-electron chi connectivity index (χ1n) is 10.0. The number of ether oxygens (including phenoxy) is 1. The molecule has 5 saturated carbocycles. The lowest BCUT2D eigenvalue weighted by molar-refractivity contribution is -0.180.